The minimum Gasteiger partial charge on any atom is -0.480 e. The van der Waals surface area contributed by atoms with Gasteiger partial charge in [0.15, 0.2) is 29.6 Å². The van der Waals surface area contributed by atoms with Crippen molar-refractivity contribution in [1.29, 1.82) is 0 Å². The first-order valence-electron chi connectivity index (χ1n) is 13.5. The predicted octanol–water partition coefficient (Wildman–Crippen LogP) is 3.13. The SMILES string of the molecule is CN1CCc2cc(Nc3ncc4c(=O)n5n(c4n3)-c3ccc4c(n3)N(CCC=CC5)C(=O)CO4)ccc2C1(C)C. The minimum absolute atomic E-state index is 0.0198. The van der Waals surface area contributed by atoms with Gasteiger partial charge in [0.1, 0.15) is 5.39 Å². The predicted molar refractivity (Wildman–Crippen MR) is 152 cm³/mol. The zero-order valence-electron chi connectivity index (χ0n) is 22.7. The molecule has 1 aromatic carbocycles. The van der Waals surface area contributed by atoms with E-state index >= 15 is 0 Å². The van der Waals surface area contributed by atoms with Gasteiger partial charge in [-0.1, -0.05) is 18.2 Å². The highest BCUT2D eigenvalue weighted by Crippen LogP contribution is 2.36. The Kier molecular flexibility index (Phi) is 5.53. The Morgan fingerprint density at radius 3 is 2.80 bits per heavy atom. The monoisotopic (exact) mass is 538 g/mol. The molecule has 1 amide bonds. The van der Waals surface area contributed by atoms with E-state index in [-0.39, 0.29) is 23.6 Å². The molecule has 0 unspecified atom stereocenters. The molecule has 0 saturated heterocycles. The van der Waals surface area contributed by atoms with Crippen molar-refractivity contribution in [3.05, 3.63) is 70.2 Å². The number of likely N-dealkylation sites (N-methyl/N-ethyl adjacent to an activating group) is 1. The van der Waals surface area contributed by atoms with Gasteiger partial charge in [0.05, 0.1) is 6.54 Å². The third-order valence-corrected chi connectivity index (χ3v) is 8.28. The van der Waals surface area contributed by atoms with E-state index in [0.717, 1.165) is 18.7 Å². The molecule has 0 aliphatic carbocycles. The van der Waals surface area contributed by atoms with Crippen LogP contribution in [0, 0.1) is 0 Å². The first-order chi connectivity index (χ1) is 19.3. The average Bonchev–Trinajstić information content (AvgIpc) is 3.20. The molecule has 0 radical (unpaired) electrons. The van der Waals surface area contributed by atoms with Crippen LogP contribution in [0.5, 0.6) is 5.75 Å². The van der Waals surface area contributed by atoms with E-state index in [1.54, 1.807) is 32.6 Å². The van der Waals surface area contributed by atoms with Crippen LogP contribution in [0.3, 0.4) is 0 Å². The van der Waals surface area contributed by atoms with Crippen molar-refractivity contribution in [3.8, 4) is 11.6 Å². The van der Waals surface area contributed by atoms with Gasteiger partial charge >= 0.3 is 0 Å². The maximum absolute atomic E-state index is 13.5. The van der Waals surface area contributed by atoms with Gasteiger partial charge in [-0.15, -0.1) is 0 Å². The number of rotatable bonds is 2. The smallest absolute Gasteiger partial charge is 0.278 e. The lowest BCUT2D eigenvalue weighted by Gasteiger charge is -2.41. The van der Waals surface area contributed by atoms with E-state index in [1.165, 1.54) is 11.1 Å². The number of hydrogen-bond acceptors (Lipinski definition) is 8. The molecule has 0 fully saturated rings. The Morgan fingerprint density at radius 1 is 1.05 bits per heavy atom. The number of carbonyl (C=O) groups excluding carboxylic acids is 1. The van der Waals surface area contributed by atoms with E-state index in [1.807, 2.05) is 18.2 Å². The van der Waals surface area contributed by atoms with Gasteiger partial charge < -0.3 is 10.1 Å². The van der Waals surface area contributed by atoms with Crippen LogP contribution in [0.1, 0.15) is 31.4 Å². The van der Waals surface area contributed by atoms with Crippen molar-refractivity contribution in [2.24, 2.45) is 0 Å². The van der Waals surface area contributed by atoms with Crippen LogP contribution in [0.15, 0.2) is 53.5 Å². The summed E-state index contributed by atoms with van der Waals surface area (Å²) in [6.07, 6.45) is 7.05. The van der Waals surface area contributed by atoms with Crippen LogP contribution in [0.4, 0.5) is 17.5 Å². The summed E-state index contributed by atoms with van der Waals surface area (Å²) in [5, 5.41) is 3.72. The van der Waals surface area contributed by atoms with Gasteiger partial charge in [-0.25, -0.2) is 19.3 Å². The number of ether oxygens (including phenoxy) is 1. The standard InChI is InChI=1S/C29H30N8O3/c1-29(2)21-8-7-19(15-18(21)11-14-34(29)3)31-28-30-16-20-25(33-28)37-23-10-9-22-26(32-23)35(24(38)17-40-22)12-5-4-6-13-36(37)27(20)39/h4,6-10,15-16H,5,11-14,17H2,1-3H3,(H,30,31,33). The summed E-state index contributed by atoms with van der Waals surface area (Å²) in [5.41, 5.74) is 3.68. The zero-order valence-corrected chi connectivity index (χ0v) is 22.7. The Labute approximate surface area is 230 Å². The van der Waals surface area contributed by atoms with Gasteiger partial charge in [-0.05, 0) is 69.1 Å². The van der Waals surface area contributed by atoms with Crippen molar-refractivity contribution < 1.29 is 9.53 Å². The first kappa shape index (κ1) is 24.5. The largest absolute Gasteiger partial charge is 0.480 e. The molecule has 3 aliphatic rings. The molecule has 0 saturated carbocycles. The molecule has 4 aromatic rings. The molecule has 204 valence electrons. The fraction of sp³-hybridized carbons (Fsp3) is 0.345. The quantitative estimate of drug-likeness (QED) is 0.388. The van der Waals surface area contributed by atoms with E-state index in [2.05, 4.69) is 48.2 Å². The van der Waals surface area contributed by atoms with E-state index in [0.29, 0.717) is 53.9 Å². The molecule has 6 heterocycles. The van der Waals surface area contributed by atoms with Crippen LogP contribution < -0.4 is 20.5 Å². The normalized spacial score (nSPS) is 18.1. The molecule has 0 atom stereocenters. The second-order valence-corrected chi connectivity index (χ2v) is 10.9. The summed E-state index contributed by atoms with van der Waals surface area (Å²) in [5.74, 6) is 1.68. The fourth-order valence-electron chi connectivity index (χ4n) is 5.78. The van der Waals surface area contributed by atoms with Crippen LogP contribution >= 0.6 is 0 Å². The fourth-order valence-corrected chi connectivity index (χ4v) is 5.78. The van der Waals surface area contributed by atoms with Gasteiger partial charge in [-0.3, -0.25) is 19.4 Å². The Balaban J connectivity index is 1.33. The molecule has 11 nitrogen and oxygen atoms in total. The van der Waals surface area contributed by atoms with E-state index in [9.17, 15) is 9.59 Å². The summed E-state index contributed by atoms with van der Waals surface area (Å²) in [6, 6.07) is 9.93. The van der Waals surface area contributed by atoms with Crippen LogP contribution in [0.2, 0.25) is 0 Å². The Bertz CT molecular complexity index is 1770. The van der Waals surface area contributed by atoms with Gasteiger partial charge in [0.25, 0.3) is 11.5 Å². The molecule has 2 bridgehead atoms. The number of fused-ring (bicyclic) bond motifs is 6. The summed E-state index contributed by atoms with van der Waals surface area (Å²) in [6.45, 7) is 6.26. The molecular weight excluding hydrogens is 508 g/mol. The number of nitrogens with one attached hydrogen (secondary N) is 1. The molecular formula is C29H30N8O3. The lowest BCUT2D eigenvalue weighted by molar-refractivity contribution is -0.121. The summed E-state index contributed by atoms with van der Waals surface area (Å²) < 4.78 is 8.92. The number of anilines is 3. The first-order valence-corrected chi connectivity index (χ1v) is 13.5. The summed E-state index contributed by atoms with van der Waals surface area (Å²) in [4.78, 5) is 44.2. The number of carbonyl (C=O) groups is 1. The molecule has 7 rings (SSSR count). The number of aromatic nitrogens is 5. The lowest BCUT2D eigenvalue weighted by atomic mass is 9.83. The number of allylic oxidation sites excluding steroid dienone is 1. The van der Waals surface area contributed by atoms with Gasteiger partial charge in [-0.2, -0.15) is 4.98 Å². The van der Waals surface area contributed by atoms with E-state index in [4.69, 9.17) is 14.7 Å². The Hall–Kier alpha value is -4.51. The lowest BCUT2D eigenvalue weighted by Crippen LogP contribution is -2.43. The number of benzene rings is 1. The van der Waals surface area contributed by atoms with Gasteiger partial charge in [0.2, 0.25) is 5.95 Å². The van der Waals surface area contributed by atoms with Crippen LogP contribution in [-0.2, 0) is 23.3 Å². The third-order valence-electron chi connectivity index (χ3n) is 8.28. The highest BCUT2D eigenvalue weighted by molar-refractivity contribution is 5.96. The maximum atomic E-state index is 13.5. The number of pyridine rings is 1. The molecule has 40 heavy (non-hydrogen) atoms. The topological polar surface area (TPSA) is 110 Å². The van der Waals surface area contributed by atoms with Crippen molar-refractivity contribution in [2.75, 3.05) is 37.0 Å². The molecule has 0 spiro atoms. The highest BCUT2D eigenvalue weighted by atomic mass is 16.5. The van der Waals surface area contributed by atoms with Crippen molar-refractivity contribution in [1.82, 2.24) is 29.2 Å². The van der Waals surface area contributed by atoms with E-state index < -0.39 is 0 Å². The van der Waals surface area contributed by atoms with Crippen molar-refractivity contribution in [2.45, 2.75) is 38.8 Å². The van der Waals surface area contributed by atoms with Crippen molar-refractivity contribution >= 4 is 34.4 Å². The number of hydrogen-bond donors (Lipinski definition) is 1. The second-order valence-electron chi connectivity index (χ2n) is 10.9. The minimum atomic E-state index is -0.214. The third kappa shape index (κ3) is 3.80. The Morgan fingerprint density at radius 2 is 1.93 bits per heavy atom. The number of amides is 1. The number of nitrogens with zero attached hydrogens (tertiary/aromatic N) is 7. The maximum Gasteiger partial charge on any atom is 0.278 e. The molecule has 11 heteroatoms. The van der Waals surface area contributed by atoms with Crippen molar-refractivity contribution in [3.63, 3.8) is 0 Å². The van der Waals surface area contributed by atoms with Gasteiger partial charge in [0, 0.05) is 30.5 Å². The average molecular weight is 539 g/mol. The van der Waals surface area contributed by atoms with Crippen LogP contribution in [0.25, 0.3) is 16.9 Å². The molecule has 3 aromatic heterocycles. The van der Waals surface area contributed by atoms with Crippen LogP contribution in [-0.4, -0.2) is 61.9 Å². The summed E-state index contributed by atoms with van der Waals surface area (Å²) in [7, 11) is 2.16. The zero-order chi connectivity index (χ0) is 27.6. The second kappa shape index (κ2) is 9.02. The summed E-state index contributed by atoms with van der Waals surface area (Å²) >= 11 is 0. The molecule has 3 aliphatic heterocycles. The highest BCUT2D eigenvalue weighted by Gasteiger charge is 2.32. The molecule has 1 N–H and O–H groups in total.